The van der Waals surface area contributed by atoms with E-state index in [0.29, 0.717) is 6.54 Å². The summed E-state index contributed by atoms with van der Waals surface area (Å²) in [5.74, 6) is -0.996. The molecule has 0 aliphatic rings. The van der Waals surface area contributed by atoms with Gasteiger partial charge < -0.3 is 10.3 Å². The number of carboxylic acids is 1. The van der Waals surface area contributed by atoms with Crippen LogP contribution >= 0.6 is 0 Å². The van der Waals surface area contributed by atoms with Gasteiger partial charge in [-0.1, -0.05) is 19.8 Å². The molecule has 0 aliphatic carbocycles. The fourth-order valence-electron chi connectivity index (χ4n) is 0.780. The number of hydrogen-bond acceptors (Lipinski definition) is 3. The van der Waals surface area contributed by atoms with Crippen molar-refractivity contribution in [3.63, 3.8) is 0 Å². The number of hydrogen-bond donors (Lipinski definition) is 2. The molecule has 0 fully saturated rings. The van der Waals surface area contributed by atoms with Crippen LogP contribution in [0.5, 0.6) is 0 Å². The molecule has 0 radical (unpaired) electrons. The van der Waals surface area contributed by atoms with E-state index in [1.165, 1.54) is 0 Å². The van der Waals surface area contributed by atoms with Gasteiger partial charge in [0.15, 0.2) is 0 Å². The maximum Gasteiger partial charge on any atom is 0.320 e. The summed E-state index contributed by atoms with van der Waals surface area (Å²) >= 11 is 0. The third-order valence-electron chi connectivity index (χ3n) is 1.34. The lowest BCUT2D eigenvalue weighted by molar-refractivity contribution is -0.153. The Bertz CT molecular complexity index is 116. The maximum atomic E-state index is 10.0. The molecule has 4 nitrogen and oxygen atoms in total. The Balaban J connectivity index is 3.22. The molecule has 11 heavy (non-hydrogen) atoms. The molecule has 0 unspecified atom stereocenters. The fraction of sp³-hybridized carbons (Fsp3) is 0.857. The third-order valence-corrected chi connectivity index (χ3v) is 1.34. The van der Waals surface area contributed by atoms with E-state index in [1.54, 1.807) is 0 Å². The number of rotatable bonds is 6. The Hall–Kier alpha value is -0.610. The van der Waals surface area contributed by atoms with Crippen LogP contribution in [0.15, 0.2) is 0 Å². The maximum absolute atomic E-state index is 10.0. The quantitative estimate of drug-likeness (QED) is 0.450. The van der Waals surface area contributed by atoms with Crippen molar-refractivity contribution in [1.29, 1.82) is 0 Å². The van der Waals surface area contributed by atoms with Crippen molar-refractivity contribution >= 4 is 5.97 Å². The molecule has 0 amide bonds. The van der Waals surface area contributed by atoms with Crippen molar-refractivity contribution in [2.45, 2.75) is 26.2 Å². The van der Waals surface area contributed by atoms with Crippen LogP contribution in [0, 0.1) is 0 Å². The molecule has 0 bridgehead atoms. The van der Waals surface area contributed by atoms with E-state index in [1.807, 2.05) is 0 Å². The number of unbranched alkanes of at least 4 members (excludes halogenated alkanes) is 2. The van der Waals surface area contributed by atoms with Gasteiger partial charge in [-0.15, -0.1) is 0 Å². The average molecular weight is 161 g/mol. The summed E-state index contributed by atoms with van der Waals surface area (Å²) in [5.41, 5.74) is 0. The molecule has 0 rings (SSSR count). The molecule has 0 aromatic carbocycles. The van der Waals surface area contributed by atoms with Crippen molar-refractivity contribution in [3.05, 3.63) is 0 Å². The zero-order chi connectivity index (χ0) is 8.69. The second kappa shape index (κ2) is 6.12. The van der Waals surface area contributed by atoms with Gasteiger partial charge in [0.05, 0.1) is 0 Å². The lowest BCUT2D eigenvalue weighted by Crippen LogP contribution is -2.27. The molecule has 4 heteroatoms. The monoisotopic (exact) mass is 161 g/mol. The summed E-state index contributed by atoms with van der Waals surface area (Å²) < 4.78 is 0. The minimum Gasteiger partial charge on any atom is -0.480 e. The van der Waals surface area contributed by atoms with Crippen molar-refractivity contribution in [3.8, 4) is 0 Å². The molecule has 66 valence electrons. The van der Waals surface area contributed by atoms with Crippen LogP contribution in [-0.2, 0) is 4.79 Å². The first kappa shape index (κ1) is 10.4. The second-order valence-corrected chi connectivity index (χ2v) is 2.49. The standard InChI is InChI=1S/C7H15NO3/c1-2-3-4-5-8(11)6-7(9)10/h11H,2-6H2,1H3,(H,9,10). The Labute approximate surface area is 66.4 Å². The van der Waals surface area contributed by atoms with E-state index in [9.17, 15) is 4.79 Å². The lowest BCUT2D eigenvalue weighted by Gasteiger charge is -2.10. The first-order valence-electron chi connectivity index (χ1n) is 3.82. The van der Waals surface area contributed by atoms with Crippen LogP contribution in [0.2, 0.25) is 0 Å². The predicted octanol–water partition coefficient (Wildman–Crippen LogP) is 0.952. The second-order valence-electron chi connectivity index (χ2n) is 2.49. The largest absolute Gasteiger partial charge is 0.480 e. The fourth-order valence-corrected chi connectivity index (χ4v) is 0.780. The Morgan fingerprint density at radius 3 is 2.55 bits per heavy atom. The summed E-state index contributed by atoms with van der Waals surface area (Å²) in [4.78, 5) is 10.0. The number of aliphatic carboxylic acids is 1. The summed E-state index contributed by atoms with van der Waals surface area (Å²) in [7, 11) is 0. The highest BCUT2D eigenvalue weighted by Gasteiger charge is 2.04. The van der Waals surface area contributed by atoms with Gasteiger partial charge in [0.1, 0.15) is 6.54 Å². The van der Waals surface area contributed by atoms with Crippen molar-refractivity contribution in [2.75, 3.05) is 13.1 Å². The minimum absolute atomic E-state index is 0.288. The van der Waals surface area contributed by atoms with Crippen LogP contribution in [-0.4, -0.2) is 34.4 Å². The Kier molecular flexibility index (Phi) is 5.78. The summed E-state index contributed by atoms with van der Waals surface area (Å²) in [6, 6.07) is 0. The molecule has 2 N–H and O–H groups in total. The highest BCUT2D eigenvalue weighted by atomic mass is 16.5. The number of nitrogens with zero attached hydrogens (tertiary/aromatic N) is 1. The van der Waals surface area contributed by atoms with Gasteiger partial charge in [0.2, 0.25) is 0 Å². The van der Waals surface area contributed by atoms with Crippen molar-refractivity contribution in [2.24, 2.45) is 0 Å². The molecule has 0 spiro atoms. The van der Waals surface area contributed by atoms with Gasteiger partial charge in [-0.25, -0.2) is 0 Å². The SMILES string of the molecule is CCCCCN(O)CC(=O)O. The average Bonchev–Trinajstić information content (AvgIpc) is 1.86. The highest BCUT2D eigenvalue weighted by molar-refractivity contribution is 5.68. The van der Waals surface area contributed by atoms with Crippen LogP contribution in [0.3, 0.4) is 0 Å². The Morgan fingerprint density at radius 2 is 2.09 bits per heavy atom. The summed E-state index contributed by atoms with van der Waals surface area (Å²) in [6.45, 7) is 2.21. The normalized spacial score (nSPS) is 10.5. The van der Waals surface area contributed by atoms with Gasteiger partial charge in [0, 0.05) is 6.54 Å². The smallest absolute Gasteiger partial charge is 0.320 e. The molecule has 0 aromatic rings. The van der Waals surface area contributed by atoms with E-state index < -0.39 is 5.97 Å². The molecular formula is C7H15NO3. The van der Waals surface area contributed by atoms with E-state index in [-0.39, 0.29) is 6.54 Å². The number of carbonyl (C=O) groups is 1. The molecule has 0 aromatic heterocycles. The highest BCUT2D eigenvalue weighted by Crippen LogP contribution is 1.95. The third kappa shape index (κ3) is 7.29. The van der Waals surface area contributed by atoms with E-state index in [0.717, 1.165) is 24.3 Å². The van der Waals surface area contributed by atoms with Gasteiger partial charge >= 0.3 is 5.97 Å². The summed E-state index contributed by atoms with van der Waals surface area (Å²) in [5, 5.41) is 18.0. The molecule has 0 heterocycles. The minimum atomic E-state index is -0.996. The topological polar surface area (TPSA) is 60.8 Å². The lowest BCUT2D eigenvalue weighted by atomic mass is 10.2. The van der Waals surface area contributed by atoms with Crippen molar-refractivity contribution < 1.29 is 15.1 Å². The van der Waals surface area contributed by atoms with E-state index in [4.69, 9.17) is 10.3 Å². The van der Waals surface area contributed by atoms with Gasteiger partial charge in [-0.3, -0.25) is 4.79 Å². The van der Waals surface area contributed by atoms with Gasteiger partial charge in [0.25, 0.3) is 0 Å². The van der Waals surface area contributed by atoms with Crippen LogP contribution in [0.4, 0.5) is 0 Å². The van der Waals surface area contributed by atoms with Gasteiger partial charge in [-0.05, 0) is 6.42 Å². The van der Waals surface area contributed by atoms with E-state index >= 15 is 0 Å². The molecular weight excluding hydrogens is 146 g/mol. The van der Waals surface area contributed by atoms with Crippen molar-refractivity contribution in [1.82, 2.24) is 5.06 Å². The molecule has 0 atom stereocenters. The van der Waals surface area contributed by atoms with Gasteiger partial charge in [-0.2, -0.15) is 5.06 Å². The zero-order valence-corrected chi connectivity index (χ0v) is 6.79. The Morgan fingerprint density at radius 1 is 1.45 bits per heavy atom. The summed E-state index contributed by atoms with van der Waals surface area (Å²) in [6.07, 6.45) is 2.94. The number of hydroxylamine groups is 2. The predicted molar refractivity (Wildman–Crippen MR) is 40.5 cm³/mol. The van der Waals surface area contributed by atoms with Crippen LogP contribution < -0.4 is 0 Å². The van der Waals surface area contributed by atoms with Crippen LogP contribution in [0.25, 0.3) is 0 Å². The van der Waals surface area contributed by atoms with E-state index in [2.05, 4.69) is 6.92 Å². The first-order chi connectivity index (χ1) is 5.16. The molecule has 0 saturated heterocycles. The molecule has 0 aliphatic heterocycles. The first-order valence-corrected chi connectivity index (χ1v) is 3.82. The number of carboxylic acid groups (broad SMARTS) is 1. The zero-order valence-electron chi connectivity index (χ0n) is 6.79. The molecule has 0 saturated carbocycles. The van der Waals surface area contributed by atoms with Crippen LogP contribution in [0.1, 0.15) is 26.2 Å².